The summed E-state index contributed by atoms with van der Waals surface area (Å²) in [7, 11) is 0. The van der Waals surface area contributed by atoms with Crippen LogP contribution in [0.2, 0.25) is 0 Å². The topological polar surface area (TPSA) is 90.3 Å². The number of aliphatic hydroxyl groups excluding tert-OH is 2. The number of hydrogen-bond acceptors (Lipinski definition) is 6. The average molecular weight is 254 g/mol. The molecule has 4 N–H and O–H groups in total. The Hall–Kier alpha value is -1.40. The fourth-order valence-corrected chi connectivity index (χ4v) is 1.59. The van der Waals surface area contributed by atoms with Gasteiger partial charge in [0.25, 0.3) is 0 Å². The molecule has 6 nitrogen and oxygen atoms in total. The van der Waals surface area contributed by atoms with Gasteiger partial charge in [-0.05, 0) is 20.3 Å². The highest BCUT2D eigenvalue weighted by molar-refractivity contribution is 5.58. The summed E-state index contributed by atoms with van der Waals surface area (Å²) in [6.07, 6.45) is 2.23. The fourth-order valence-electron chi connectivity index (χ4n) is 1.59. The molecule has 1 aromatic heterocycles. The summed E-state index contributed by atoms with van der Waals surface area (Å²) in [6.45, 7) is 6.18. The molecule has 0 fully saturated rings. The lowest BCUT2D eigenvalue weighted by molar-refractivity contribution is 0.147. The van der Waals surface area contributed by atoms with Crippen molar-refractivity contribution in [1.82, 2.24) is 9.97 Å². The maximum absolute atomic E-state index is 9.30. The summed E-state index contributed by atoms with van der Waals surface area (Å²) in [4.78, 5) is 8.38. The smallest absolute Gasteiger partial charge is 0.135 e. The SMILES string of the molecule is CCNc1ncnc(NC(C)(CO)CO)c1CC. The maximum Gasteiger partial charge on any atom is 0.135 e. The van der Waals surface area contributed by atoms with E-state index < -0.39 is 5.54 Å². The van der Waals surface area contributed by atoms with E-state index in [-0.39, 0.29) is 13.2 Å². The molecule has 1 aromatic rings. The van der Waals surface area contributed by atoms with E-state index >= 15 is 0 Å². The molecule has 18 heavy (non-hydrogen) atoms. The minimum Gasteiger partial charge on any atom is -0.394 e. The van der Waals surface area contributed by atoms with Crippen LogP contribution in [0.1, 0.15) is 26.3 Å². The molecule has 0 atom stereocenters. The van der Waals surface area contributed by atoms with E-state index in [2.05, 4.69) is 20.6 Å². The highest BCUT2D eigenvalue weighted by Crippen LogP contribution is 2.23. The second-order valence-electron chi connectivity index (χ2n) is 4.44. The molecule has 0 spiro atoms. The zero-order chi connectivity index (χ0) is 13.6. The van der Waals surface area contributed by atoms with Crippen molar-refractivity contribution in [2.75, 3.05) is 30.4 Å². The molecular formula is C12H22N4O2. The van der Waals surface area contributed by atoms with E-state index in [1.165, 1.54) is 6.33 Å². The van der Waals surface area contributed by atoms with Crippen LogP contribution in [0, 0.1) is 0 Å². The largest absolute Gasteiger partial charge is 0.394 e. The van der Waals surface area contributed by atoms with Gasteiger partial charge in [0.1, 0.15) is 18.0 Å². The van der Waals surface area contributed by atoms with Crippen molar-refractivity contribution in [3.8, 4) is 0 Å². The molecule has 6 heteroatoms. The zero-order valence-electron chi connectivity index (χ0n) is 11.2. The average Bonchev–Trinajstić information content (AvgIpc) is 2.39. The molecule has 1 heterocycles. The number of nitrogens with zero attached hydrogens (tertiary/aromatic N) is 2. The first kappa shape index (κ1) is 14.7. The van der Waals surface area contributed by atoms with Gasteiger partial charge in [0.2, 0.25) is 0 Å². The molecule has 0 saturated heterocycles. The number of hydrogen-bond donors (Lipinski definition) is 4. The normalized spacial score (nSPS) is 11.4. The molecule has 0 saturated carbocycles. The van der Waals surface area contributed by atoms with Crippen molar-refractivity contribution in [2.24, 2.45) is 0 Å². The minimum absolute atomic E-state index is 0.173. The van der Waals surface area contributed by atoms with Crippen molar-refractivity contribution in [2.45, 2.75) is 32.7 Å². The number of aliphatic hydroxyl groups is 2. The Morgan fingerprint density at radius 1 is 1.17 bits per heavy atom. The highest BCUT2D eigenvalue weighted by atomic mass is 16.3. The van der Waals surface area contributed by atoms with Gasteiger partial charge in [-0.25, -0.2) is 9.97 Å². The van der Waals surface area contributed by atoms with Crippen molar-refractivity contribution >= 4 is 11.6 Å². The predicted octanol–water partition coefficient (Wildman–Crippen LogP) is 0.626. The van der Waals surface area contributed by atoms with Crippen molar-refractivity contribution in [3.63, 3.8) is 0 Å². The molecule has 102 valence electrons. The Morgan fingerprint density at radius 2 is 1.78 bits per heavy atom. The lowest BCUT2D eigenvalue weighted by atomic mass is 10.0. The van der Waals surface area contributed by atoms with Crippen molar-refractivity contribution in [1.29, 1.82) is 0 Å². The van der Waals surface area contributed by atoms with Gasteiger partial charge in [0, 0.05) is 12.1 Å². The Balaban J connectivity index is 3.04. The van der Waals surface area contributed by atoms with E-state index in [9.17, 15) is 10.2 Å². The van der Waals surface area contributed by atoms with Crippen LogP contribution >= 0.6 is 0 Å². The Kier molecular flexibility index (Phi) is 5.30. The van der Waals surface area contributed by atoms with Crippen molar-refractivity contribution < 1.29 is 10.2 Å². The number of anilines is 2. The molecule has 0 aliphatic carbocycles. The van der Waals surface area contributed by atoms with Crippen LogP contribution in [-0.2, 0) is 6.42 Å². The number of rotatable bonds is 7. The summed E-state index contributed by atoms with van der Waals surface area (Å²) >= 11 is 0. The van der Waals surface area contributed by atoms with Gasteiger partial charge in [-0.15, -0.1) is 0 Å². The lowest BCUT2D eigenvalue weighted by Gasteiger charge is -2.28. The molecule has 0 bridgehead atoms. The third-order valence-corrected chi connectivity index (χ3v) is 2.76. The summed E-state index contributed by atoms with van der Waals surface area (Å²) in [5, 5.41) is 24.9. The van der Waals surface area contributed by atoms with Crippen LogP contribution in [0.25, 0.3) is 0 Å². The first-order valence-electron chi connectivity index (χ1n) is 6.17. The van der Waals surface area contributed by atoms with Crippen molar-refractivity contribution in [3.05, 3.63) is 11.9 Å². The number of aromatic nitrogens is 2. The molecule has 0 aromatic carbocycles. The lowest BCUT2D eigenvalue weighted by Crippen LogP contribution is -2.43. The molecule has 0 radical (unpaired) electrons. The van der Waals surface area contributed by atoms with Gasteiger partial charge in [-0.1, -0.05) is 6.92 Å². The molecule has 0 amide bonds. The quantitative estimate of drug-likeness (QED) is 0.570. The van der Waals surface area contributed by atoms with E-state index in [0.29, 0.717) is 5.82 Å². The Morgan fingerprint density at radius 3 is 2.28 bits per heavy atom. The van der Waals surface area contributed by atoms with E-state index in [1.807, 2.05) is 13.8 Å². The molecular weight excluding hydrogens is 232 g/mol. The standard InChI is InChI=1S/C12H22N4O2/c1-4-9-10(13-5-2)14-8-15-11(9)16-12(3,6-17)7-18/h8,17-18H,4-7H2,1-3H3,(H2,13,14,15,16). The zero-order valence-corrected chi connectivity index (χ0v) is 11.2. The van der Waals surface area contributed by atoms with Gasteiger partial charge in [0.15, 0.2) is 0 Å². The van der Waals surface area contributed by atoms with Gasteiger partial charge >= 0.3 is 0 Å². The fraction of sp³-hybridized carbons (Fsp3) is 0.667. The highest BCUT2D eigenvalue weighted by Gasteiger charge is 2.24. The number of nitrogens with one attached hydrogen (secondary N) is 2. The van der Waals surface area contributed by atoms with E-state index in [1.54, 1.807) is 6.92 Å². The Labute approximate surface area is 107 Å². The summed E-state index contributed by atoms with van der Waals surface area (Å²) in [5.74, 6) is 1.43. The first-order valence-corrected chi connectivity index (χ1v) is 6.17. The molecule has 0 unspecified atom stereocenters. The monoisotopic (exact) mass is 254 g/mol. The Bertz CT molecular complexity index is 380. The second-order valence-corrected chi connectivity index (χ2v) is 4.44. The van der Waals surface area contributed by atoms with E-state index in [0.717, 1.165) is 24.3 Å². The second kappa shape index (κ2) is 6.51. The van der Waals surface area contributed by atoms with Crippen LogP contribution in [0.5, 0.6) is 0 Å². The van der Waals surface area contributed by atoms with E-state index in [4.69, 9.17) is 0 Å². The van der Waals surface area contributed by atoms with Gasteiger partial charge < -0.3 is 20.8 Å². The summed E-state index contributed by atoms with van der Waals surface area (Å²) in [6, 6.07) is 0. The minimum atomic E-state index is -0.790. The third-order valence-electron chi connectivity index (χ3n) is 2.76. The summed E-state index contributed by atoms with van der Waals surface area (Å²) in [5.41, 5.74) is 0.161. The maximum atomic E-state index is 9.30. The van der Waals surface area contributed by atoms with Crippen LogP contribution in [0.3, 0.4) is 0 Å². The third kappa shape index (κ3) is 3.30. The van der Waals surface area contributed by atoms with Gasteiger partial charge in [0.05, 0.1) is 18.8 Å². The molecule has 0 aliphatic rings. The molecule has 0 aliphatic heterocycles. The van der Waals surface area contributed by atoms with Crippen LogP contribution in [-0.4, -0.2) is 45.5 Å². The van der Waals surface area contributed by atoms with Crippen LogP contribution in [0.15, 0.2) is 6.33 Å². The summed E-state index contributed by atoms with van der Waals surface area (Å²) < 4.78 is 0. The van der Waals surface area contributed by atoms with Crippen LogP contribution < -0.4 is 10.6 Å². The van der Waals surface area contributed by atoms with Crippen LogP contribution in [0.4, 0.5) is 11.6 Å². The van der Waals surface area contributed by atoms with Gasteiger partial charge in [-0.2, -0.15) is 0 Å². The molecule has 1 rings (SSSR count). The predicted molar refractivity (Wildman–Crippen MR) is 71.8 cm³/mol. The first-order chi connectivity index (χ1) is 8.60. The van der Waals surface area contributed by atoms with Gasteiger partial charge in [-0.3, -0.25) is 0 Å².